The van der Waals surface area contributed by atoms with Crippen LogP contribution in [0.1, 0.15) is 50.3 Å². The fourth-order valence-electron chi connectivity index (χ4n) is 2.97. The molecule has 0 saturated heterocycles. The molecule has 0 saturated carbocycles. The van der Waals surface area contributed by atoms with E-state index in [1.165, 1.54) is 17.5 Å². The van der Waals surface area contributed by atoms with Crippen LogP contribution in [0.5, 0.6) is 5.75 Å². The summed E-state index contributed by atoms with van der Waals surface area (Å²) in [5, 5.41) is 22.5. The van der Waals surface area contributed by atoms with Gasteiger partial charge in [-0.05, 0) is 54.9 Å². The molecular weight excluding hydrogens is 238 g/mol. The van der Waals surface area contributed by atoms with Gasteiger partial charge in [-0.25, -0.2) is 0 Å². The van der Waals surface area contributed by atoms with Crippen LogP contribution >= 0.6 is 0 Å². The number of nitrogens with one attached hydrogen (secondary N) is 1. The highest BCUT2D eigenvalue weighted by atomic mass is 16.3. The van der Waals surface area contributed by atoms with Crippen LogP contribution in [0, 0.1) is 5.92 Å². The minimum atomic E-state index is 0.218. The fourth-order valence-corrected chi connectivity index (χ4v) is 2.97. The predicted molar refractivity (Wildman–Crippen MR) is 77.3 cm³/mol. The van der Waals surface area contributed by atoms with E-state index in [-0.39, 0.29) is 6.61 Å². The molecule has 1 aliphatic carbocycles. The van der Waals surface area contributed by atoms with E-state index in [1.807, 2.05) is 12.1 Å². The van der Waals surface area contributed by atoms with Crippen molar-refractivity contribution in [1.29, 1.82) is 0 Å². The summed E-state index contributed by atoms with van der Waals surface area (Å²) in [6, 6.07) is 6.32. The van der Waals surface area contributed by atoms with Gasteiger partial charge in [-0.3, -0.25) is 0 Å². The highest BCUT2D eigenvalue weighted by molar-refractivity contribution is 5.38. The van der Waals surface area contributed by atoms with Crippen molar-refractivity contribution in [2.24, 2.45) is 5.92 Å². The monoisotopic (exact) mass is 263 g/mol. The van der Waals surface area contributed by atoms with E-state index in [2.05, 4.69) is 19.2 Å². The summed E-state index contributed by atoms with van der Waals surface area (Å²) in [4.78, 5) is 0. The number of benzene rings is 1. The number of aromatic hydroxyl groups is 1. The first-order valence-electron chi connectivity index (χ1n) is 7.30. The van der Waals surface area contributed by atoms with E-state index >= 15 is 0 Å². The summed E-state index contributed by atoms with van der Waals surface area (Å²) in [5.41, 5.74) is 2.57. The molecule has 19 heavy (non-hydrogen) atoms. The molecule has 0 bridgehead atoms. The standard InChI is InChI=1S/C16H25NO2/c1-11(2)15(8-9-18)17-16-5-3-4-12-6-7-13(19)10-14(12)16/h6-7,10-11,15-19H,3-5,8-9H2,1-2H3. The Hall–Kier alpha value is -1.06. The molecule has 3 nitrogen and oxygen atoms in total. The summed E-state index contributed by atoms with van der Waals surface area (Å²) in [6.45, 7) is 4.58. The van der Waals surface area contributed by atoms with Crippen molar-refractivity contribution in [3.05, 3.63) is 29.3 Å². The van der Waals surface area contributed by atoms with Crippen LogP contribution < -0.4 is 5.32 Å². The number of hydrogen-bond donors (Lipinski definition) is 3. The normalized spacial score (nSPS) is 20.3. The number of aryl methyl sites for hydroxylation is 1. The van der Waals surface area contributed by atoms with E-state index in [9.17, 15) is 10.2 Å². The first kappa shape index (κ1) is 14.4. The maximum Gasteiger partial charge on any atom is 0.115 e. The summed E-state index contributed by atoms with van der Waals surface area (Å²) in [6.07, 6.45) is 4.16. The number of fused-ring (bicyclic) bond motifs is 1. The third kappa shape index (κ3) is 3.48. The lowest BCUT2D eigenvalue weighted by Gasteiger charge is -2.32. The first-order chi connectivity index (χ1) is 9.11. The largest absolute Gasteiger partial charge is 0.508 e. The molecule has 0 aromatic heterocycles. The molecule has 0 amide bonds. The van der Waals surface area contributed by atoms with Crippen LogP contribution in [-0.4, -0.2) is 22.9 Å². The highest BCUT2D eigenvalue weighted by Gasteiger charge is 2.24. The van der Waals surface area contributed by atoms with E-state index in [0.717, 1.165) is 19.3 Å². The number of aliphatic hydroxyl groups excluding tert-OH is 1. The van der Waals surface area contributed by atoms with Gasteiger partial charge in [0.2, 0.25) is 0 Å². The first-order valence-corrected chi connectivity index (χ1v) is 7.30. The molecule has 2 atom stereocenters. The maximum atomic E-state index is 9.68. The molecular formula is C16H25NO2. The minimum absolute atomic E-state index is 0.218. The molecule has 106 valence electrons. The van der Waals surface area contributed by atoms with Gasteiger partial charge in [-0.1, -0.05) is 19.9 Å². The third-order valence-electron chi connectivity index (χ3n) is 4.10. The van der Waals surface area contributed by atoms with E-state index in [4.69, 9.17) is 0 Å². The molecule has 3 heteroatoms. The predicted octanol–water partition coefficient (Wildman–Crippen LogP) is 2.77. The quantitative estimate of drug-likeness (QED) is 0.765. The van der Waals surface area contributed by atoms with Crippen LogP contribution in [0.3, 0.4) is 0 Å². The number of rotatable bonds is 5. The average Bonchev–Trinajstić information content (AvgIpc) is 2.38. The summed E-state index contributed by atoms with van der Waals surface area (Å²) in [7, 11) is 0. The summed E-state index contributed by atoms with van der Waals surface area (Å²) >= 11 is 0. The lowest BCUT2D eigenvalue weighted by Crippen LogP contribution is -2.38. The van der Waals surface area contributed by atoms with Crippen molar-refractivity contribution in [2.45, 2.75) is 51.6 Å². The van der Waals surface area contributed by atoms with Gasteiger partial charge in [-0.2, -0.15) is 0 Å². The molecule has 0 aliphatic heterocycles. The smallest absolute Gasteiger partial charge is 0.115 e. The Balaban J connectivity index is 2.16. The second-order valence-corrected chi connectivity index (χ2v) is 5.86. The summed E-state index contributed by atoms with van der Waals surface area (Å²) in [5.74, 6) is 0.838. The zero-order valence-electron chi connectivity index (χ0n) is 11.9. The Bertz CT molecular complexity index is 417. The van der Waals surface area contributed by atoms with Gasteiger partial charge in [0, 0.05) is 18.7 Å². The molecule has 2 unspecified atom stereocenters. The molecule has 1 aromatic carbocycles. The Morgan fingerprint density at radius 3 is 2.84 bits per heavy atom. The third-order valence-corrected chi connectivity index (χ3v) is 4.10. The molecule has 0 spiro atoms. The number of phenols is 1. The molecule has 1 aliphatic rings. The van der Waals surface area contributed by atoms with E-state index < -0.39 is 0 Å². The van der Waals surface area contributed by atoms with Crippen molar-refractivity contribution >= 4 is 0 Å². The van der Waals surface area contributed by atoms with Gasteiger partial charge in [0.25, 0.3) is 0 Å². The van der Waals surface area contributed by atoms with Crippen molar-refractivity contribution < 1.29 is 10.2 Å². The molecule has 0 fully saturated rings. The lowest BCUT2D eigenvalue weighted by atomic mass is 9.86. The van der Waals surface area contributed by atoms with Crippen LogP contribution in [0.15, 0.2) is 18.2 Å². The van der Waals surface area contributed by atoms with Crippen molar-refractivity contribution in [1.82, 2.24) is 5.32 Å². The van der Waals surface area contributed by atoms with Gasteiger partial charge >= 0.3 is 0 Å². The Morgan fingerprint density at radius 1 is 1.37 bits per heavy atom. The molecule has 3 N–H and O–H groups in total. The lowest BCUT2D eigenvalue weighted by molar-refractivity contribution is 0.230. The number of hydrogen-bond acceptors (Lipinski definition) is 3. The molecule has 0 heterocycles. The van der Waals surface area contributed by atoms with Gasteiger partial charge in [-0.15, -0.1) is 0 Å². The van der Waals surface area contributed by atoms with Crippen molar-refractivity contribution in [3.8, 4) is 5.75 Å². The van der Waals surface area contributed by atoms with Crippen LogP contribution in [0.25, 0.3) is 0 Å². The second-order valence-electron chi connectivity index (χ2n) is 5.86. The number of phenolic OH excluding ortho intramolecular Hbond substituents is 1. The van der Waals surface area contributed by atoms with Crippen molar-refractivity contribution in [2.75, 3.05) is 6.61 Å². The Morgan fingerprint density at radius 2 is 2.16 bits per heavy atom. The van der Waals surface area contributed by atoms with Gasteiger partial charge in [0.15, 0.2) is 0 Å². The summed E-state index contributed by atoms with van der Waals surface area (Å²) < 4.78 is 0. The highest BCUT2D eigenvalue weighted by Crippen LogP contribution is 2.33. The fraction of sp³-hybridized carbons (Fsp3) is 0.625. The molecule has 1 aromatic rings. The van der Waals surface area contributed by atoms with Gasteiger partial charge in [0.05, 0.1) is 0 Å². The topological polar surface area (TPSA) is 52.5 Å². The van der Waals surface area contributed by atoms with Crippen LogP contribution in [0.2, 0.25) is 0 Å². The zero-order chi connectivity index (χ0) is 13.8. The maximum absolute atomic E-state index is 9.68. The van der Waals surface area contributed by atoms with Crippen LogP contribution in [-0.2, 0) is 6.42 Å². The second kappa shape index (κ2) is 6.40. The van der Waals surface area contributed by atoms with Crippen LogP contribution in [0.4, 0.5) is 0 Å². The zero-order valence-corrected chi connectivity index (χ0v) is 11.9. The molecule has 2 rings (SSSR count). The Kier molecular flexibility index (Phi) is 4.83. The minimum Gasteiger partial charge on any atom is -0.508 e. The van der Waals surface area contributed by atoms with Gasteiger partial charge in [0.1, 0.15) is 5.75 Å². The average molecular weight is 263 g/mol. The van der Waals surface area contributed by atoms with Crippen molar-refractivity contribution in [3.63, 3.8) is 0 Å². The van der Waals surface area contributed by atoms with E-state index in [0.29, 0.717) is 23.8 Å². The van der Waals surface area contributed by atoms with Gasteiger partial charge < -0.3 is 15.5 Å². The van der Waals surface area contributed by atoms with E-state index in [1.54, 1.807) is 6.07 Å². The SMILES string of the molecule is CC(C)C(CCO)NC1CCCc2ccc(O)cc21. The Labute approximate surface area is 115 Å². The number of aliphatic hydroxyl groups is 1. The molecule has 0 radical (unpaired) electrons.